The molecule has 0 unspecified atom stereocenters. The second-order valence-corrected chi connectivity index (χ2v) is 10.6. The van der Waals surface area contributed by atoms with Gasteiger partial charge in [-0.3, -0.25) is 5.43 Å². The van der Waals surface area contributed by atoms with Crippen LogP contribution in [0.2, 0.25) is 0 Å². The van der Waals surface area contributed by atoms with E-state index in [1.54, 1.807) is 31.3 Å². The van der Waals surface area contributed by atoms with Crippen LogP contribution in [-0.2, 0) is 16.1 Å². The van der Waals surface area contributed by atoms with E-state index in [-0.39, 0.29) is 12.2 Å². The van der Waals surface area contributed by atoms with Crippen molar-refractivity contribution in [3.63, 3.8) is 0 Å². The highest BCUT2D eigenvalue weighted by Gasteiger charge is 2.32. The summed E-state index contributed by atoms with van der Waals surface area (Å²) in [4.78, 5) is 24.5. The summed E-state index contributed by atoms with van der Waals surface area (Å²) < 4.78 is 23.4. The second kappa shape index (κ2) is 15.3. The minimum atomic E-state index is -1.11. The van der Waals surface area contributed by atoms with Crippen LogP contribution in [0.25, 0.3) is 0 Å². The van der Waals surface area contributed by atoms with Gasteiger partial charge in [0.1, 0.15) is 19.0 Å². The van der Waals surface area contributed by atoms with Crippen LogP contribution in [0, 0.1) is 3.57 Å². The van der Waals surface area contributed by atoms with Gasteiger partial charge in [-0.1, -0.05) is 18.2 Å². The number of nitrogens with zero attached hydrogens (tertiary/aromatic N) is 1. The Kier molecular flexibility index (Phi) is 11.2. The third kappa shape index (κ3) is 8.85. The Morgan fingerprint density at radius 1 is 1.07 bits per heavy atom. The molecule has 4 N–H and O–H groups in total. The van der Waals surface area contributed by atoms with Gasteiger partial charge in [0.25, 0.3) is 0 Å². The quantitative estimate of drug-likeness (QED) is 0.0678. The van der Waals surface area contributed by atoms with Gasteiger partial charge in [-0.25, -0.2) is 9.59 Å². The zero-order valence-electron chi connectivity index (χ0n) is 23.9. The molecule has 2 amide bonds. The molecule has 0 bridgehead atoms. The minimum Gasteiger partial charge on any atom is -0.490 e. The maximum absolute atomic E-state index is 12.4. The average Bonchev–Trinajstić information content (AvgIpc) is 3.00. The first kappa shape index (κ1) is 31.6. The number of benzene rings is 3. The lowest BCUT2D eigenvalue weighted by Crippen LogP contribution is -2.45. The van der Waals surface area contributed by atoms with Crippen molar-refractivity contribution in [2.75, 3.05) is 20.3 Å². The molecule has 4 rings (SSSR count). The van der Waals surface area contributed by atoms with Crippen LogP contribution in [-0.4, -0.2) is 49.9 Å². The number of methoxy groups -OCH3 is 1. The van der Waals surface area contributed by atoms with E-state index in [1.165, 1.54) is 10.7 Å². The lowest BCUT2D eigenvalue weighted by molar-refractivity contribution is -0.136. The minimum absolute atomic E-state index is 0.126. The first-order valence-electron chi connectivity index (χ1n) is 13.5. The normalized spacial score (nSPS) is 15.4. The molecule has 11 nitrogen and oxygen atoms in total. The average molecular weight is 701 g/mol. The Labute approximate surface area is 263 Å². The number of halogens is 1. The molecular formula is C31H33IN4O7. The fourth-order valence-electron chi connectivity index (χ4n) is 4.22. The first-order valence-corrected chi connectivity index (χ1v) is 14.5. The van der Waals surface area contributed by atoms with Crippen LogP contribution in [0.5, 0.6) is 17.2 Å². The topological polar surface area (TPSA) is 140 Å². The molecule has 12 heteroatoms. The molecule has 2 atom stereocenters. The molecule has 1 aliphatic heterocycles. The van der Waals surface area contributed by atoms with Crippen molar-refractivity contribution >= 4 is 40.8 Å². The van der Waals surface area contributed by atoms with Gasteiger partial charge in [-0.05, 0) is 102 Å². The molecule has 43 heavy (non-hydrogen) atoms. The maximum Gasteiger partial charge on any atom is 0.337 e. The number of esters is 1. The molecule has 1 aliphatic rings. The number of urea groups is 1. The molecule has 0 radical (unpaired) electrons. The Hall–Kier alpha value is -4.30. The SMILES string of the molecule is CCOc1cc([C@H]2NC(=O)NC(C)=C2C(=O)OC)ccc1OC[C@@H](O)N/N=C\c1ccc(OCc2ccc(I)cc2)cc1. The smallest absolute Gasteiger partial charge is 0.337 e. The molecule has 0 saturated heterocycles. The molecule has 0 fully saturated rings. The molecule has 3 aromatic rings. The van der Waals surface area contributed by atoms with Gasteiger partial charge in [0.2, 0.25) is 0 Å². The van der Waals surface area contributed by atoms with Gasteiger partial charge < -0.3 is 34.7 Å². The van der Waals surface area contributed by atoms with Crippen molar-refractivity contribution in [1.29, 1.82) is 0 Å². The number of aliphatic hydroxyl groups is 1. The summed E-state index contributed by atoms with van der Waals surface area (Å²) in [7, 11) is 1.28. The van der Waals surface area contributed by atoms with Crippen molar-refractivity contribution in [3.05, 3.63) is 98.3 Å². The Balaban J connectivity index is 1.32. The highest BCUT2D eigenvalue weighted by atomic mass is 127. The number of carbonyl (C=O) groups is 2. The second-order valence-electron chi connectivity index (χ2n) is 9.40. The molecule has 3 aromatic carbocycles. The number of hydrogen-bond donors (Lipinski definition) is 4. The summed E-state index contributed by atoms with van der Waals surface area (Å²) in [5.74, 6) is 0.931. The van der Waals surface area contributed by atoms with Crippen molar-refractivity contribution in [3.8, 4) is 17.2 Å². The van der Waals surface area contributed by atoms with Crippen LogP contribution in [0.4, 0.5) is 4.79 Å². The number of hydrogen-bond acceptors (Lipinski definition) is 9. The van der Waals surface area contributed by atoms with E-state index in [0.717, 1.165) is 16.9 Å². The Morgan fingerprint density at radius 3 is 2.51 bits per heavy atom. The monoisotopic (exact) mass is 700 g/mol. The standard InChI is InChI=1S/C31H33IN4O7/c1-4-41-26-15-22(29-28(30(38)40-3)19(2)34-31(39)35-29)9-14-25(26)43-18-27(37)36-33-16-20-7-12-24(13-8-20)42-17-21-5-10-23(32)11-6-21/h5-16,27,29,36-37H,4,17-18H2,1-3H3,(H2,34,35,39)/b33-16-/t27-,29-/m1/s1. The summed E-state index contributed by atoms with van der Waals surface area (Å²) in [5, 5.41) is 19.8. The van der Waals surface area contributed by atoms with Gasteiger partial charge in [0.05, 0.1) is 31.5 Å². The van der Waals surface area contributed by atoms with Crippen LogP contribution in [0.1, 0.15) is 36.6 Å². The van der Waals surface area contributed by atoms with Gasteiger partial charge in [0.15, 0.2) is 17.7 Å². The van der Waals surface area contributed by atoms with Gasteiger partial charge in [0, 0.05) is 9.27 Å². The van der Waals surface area contributed by atoms with Crippen molar-refractivity contribution in [2.45, 2.75) is 32.7 Å². The van der Waals surface area contributed by atoms with Crippen LogP contribution in [0.3, 0.4) is 0 Å². The number of hydrazone groups is 1. The van der Waals surface area contributed by atoms with E-state index in [4.69, 9.17) is 18.9 Å². The maximum atomic E-state index is 12.4. The van der Waals surface area contributed by atoms with Crippen LogP contribution < -0.4 is 30.3 Å². The van der Waals surface area contributed by atoms with E-state index < -0.39 is 24.3 Å². The summed E-state index contributed by atoms with van der Waals surface area (Å²) in [5.41, 5.74) is 5.81. The third-order valence-corrected chi connectivity index (χ3v) is 7.03. The van der Waals surface area contributed by atoms with Gasteiger partial charge in [-0.2, -0.15) is 5.10 Å². The van der Waals surface area contributed by atoms with Crippen molar-refractivity contribution < 1.29 is 33.6 Å². The summed E-state index contributed by atoms with van der Waals surface area (Å²) in [6.45, 7) is 4.15. The molecular weight excluding hydrogens is 667 g/mol. The summed E-state index contributed by atoms with van der Waals surface area (Å²) in [6.07, 6.45) is 0.469. The van der Waals surface area contributed by atoms with E-state index in [1.807, 2.05) is 55.5 Å². The lowest BCUT2D eigenvalue weighted by Gasteiger charge is -2.28. The van der Waals surface area contributed by atoms with Gasteiger partial charge in [-0.15, -0.1) is 0 Å². The van der Waals surface area contributed by atoms with E-state index in [2.05, 4.69) is 43.8 Å². The van der Waals surface area contributed by atoms with Crippen molar-refractivity contribution in [1.82, 2.24) is 16.1 Å². The molecule has 0 aliphatic carbocycles. The fourth-order valence-corrected chi connectivity index (χ4v) is 4.58. The molecule has 0 saturated carbocycles. The number of ether oxygens (including phenoxy) is 4. The van der Waals surface area contributed by atoms with Crippen molar-refractivity contribution in [2.24, 2.45) is 5.10 Å². The highest BCUT2D eigenvalue weighted by Crippen LogP contribution is 2.35. The zero-order valence-corrected chi connectivity index (χ0v) is 26.1. The molecule has 0 aromatic heterocycles. The number of aliphatic hydroxyl groups excluding tert-OH is 1. The van der Waals surface area contributed by atoms with E-state index >= 15 is 0 Å². The van der Waals surface area contributed by atoms with E-state index in [0.29, 0.717) is 36.0 Å². The molecule has 0 spiro atoms. The number of nitrogens with one attached hydrogen (secondary N) is 3. The molecule has 226 valence electrons. The Bertz CT molecular complexity index is 1480. The van der Waals surface area contributed by atoms with Crippen LogP contribution >= 0.6 is 22.6 Å². The number of amides is 2. The fraction of sp³-hybridized carbons (Fsp3) is 0.258. The predicted octanol–water partition coefficient (Wildman–Crippen LogP) is 4.39. The third-order valence-electron chi connectivity index (χ3n) is 6.31. The highest BCUT2D eigenvalue weighted by molar-refractivity contribution is 14.1. The first-order chi connectivity index (χ1) is 20.8. The predicted molar refractivity (Wildman–Crippen MR) is 169 cm³/mol. The molecule has 1 heterocycles. The van der Waals surface area contributed by atoms with Gasteiger partial charge >= 0.3 is 12.0 Å². The van der Waals surface area contributed by atoms with E-state index in [9.17, 15) is 14.7 Å². The lowest BCUT2D eigenvalue weighted by atomic mass is 9.95. The number of rotatable bonds is 13. The number of carbonyl (C=O) groups excluding carboxylic acids is 2. The largest absolute Gasteiger partial charge is 0.490 e. The summed E-state index contributed by atoms with van der Waals surface area (Å²) in [6, 6.07) is 19.4. The Morgan fingerprint density at radius 2 is 1.81 bits per heavy atom. The zero-order chi connectivity index (χ0) is 30.8. The van der Waals surface area contributed by atoms with Crippen LogP contribution in [0.15, 0.2) is 83.1 Å². The summed E-state index contributed by atoms with van der Waals surface area (Å²) >= 11 is 2.27. The number of allylic oxidation sites excluding steroid dienone is 1.